The molecule has 16 aromatic carbocycles. The summed E-state index contributed by atoms with van der Waals surface area (Å²) in [4.78, 5) is 4.86. The molecule has 0 spiro atoms. The first-order chi connectivity index (χ1) is 50.9. The van der Waals surface area contributed by atoms with Gasteiger partial charge in [-0.05, 0) is 223 Å². The van der Waals surface area contributed by atoms with Gasteiger partial charge in [0.25, 0.3) is 0 Å². The number of nitrogens with zero attached hydrogens (tertiary/aromatic N) is 3. The highest BCUT2D eigenvalue weighted by Crippen LogP contribution is 2.60. The molecule has 0 unspecified atom stereocenters. The van der Waals surface area contributed by atoms with Gasteiger partial charge in [-0.15, -0.1) is 0 Å². The summed E-state index contributed by atoms with van der Waals surface area (Å²) in [7, 11) is 0. The molecule has 0 atom stereocenters. The lowest BCUT2D eigenvalue weighted by Gasteiger charge is -2.36. The zero-order chi connectivity index (χ0) is 68.6. The zero-order valence-electron chi connectivity index (χ0n) is 57.4. The highest BCUT2D eigenvalue weighted by molar-refractivity contribution is 6.12. The van der Waals surface area contributed by atoms with E-state index in [0.29, 0.717) is 0 Å². The van der Waals surface area contributed by atoms with Crippen molar-refractivity contribution in [2.24, 2.45) is 0 Å². The largest absolute Gasteiger partial charge is 0.311 e. The molecule has 17 aromatic rings. The van der Waals surface area contributed by atoms with Crippen LogP contribution in [0.1, 0.15) is 55.6 Å². The molecule has 0 radical (unpaired) electrons. The van der Waals surface area contributed by atoms with Crippen LogP contribution in [0, 0.1) is 13.8 Å². The van der Waals surface area contributed by atoms with Gasteiger partial charge >= 0.3 is 0 Å². The van der Waals surface area contributed by atoms with Crippen molar-refractivity contribution in [3.05, 3.63) is 450 Å². The van der Waals surface area contributed by atoms with Gasteiger partial charge in [-0.3, -0.25) is 0 Å². The fourth-order valence-corrected chi connectivity index (χ4v) is 17.2. The Hall–Kier alpha value is -13.1. The topological polar surface area (TPSA) is 11.4 Å². The van der Waals surface area contributed by atoms with Crippen molar-refractivity contribution in [2.45, 2.75) is 24.7 Å². The third-order valence-corrected chi connectivity index (χ3v) is 21.8. The lowest BCUT2D eigenvalue weighted by atomic mass is 9.67. The van der Waals surface area contributed by atoms with Gasteiger partial charge in [0.15, 0.2) is 0 Å². The number of rotatable bonds is 14. The maximum absolute atomic E-state index is 2.52. The Kier molecular flexibility index (Phi) is 14.8. The van der Waals surface area contributed by atoms with E-state index >= 15 is 0 Å². The van der Waals surface area contributed by atoms with E-state index in [4.69, 9.17) is 0 Å². The predicted octanol–water partition coefficient (Wildman–Crippen LogP) is 26.1. The minimum Gasteiger partial charge on any atom is -0.311 e. The van der Waals surface area contributed by atoms with Gasteiger partial charge in [-0.1, -0.05) is 296 Å². The van der Waals surface area contributed by atoms with Gasteiger partial charge in [0.2, 0.25) is 0 Å². The minimum absolute atomic E-state index is 0.606. The van der Waals surface area contributed by atoms with Crippen molar-refractivity contribution in [3.63, 3.8) is 0 Å². The summed E-state index contributed by atoms with van der Waals surface area (Å²) in [5, 5.41) is 2.38. The second-order valence-corrected chi connectivity index (χ2v) is 27.7. The average molecular weight is 1310 g/mol. The second-order valence-electron chi connectivity index (χ2n) is 27.7. The van der Waals surface area contributed by atoms with Crippen LogP contribution in [0.2, 0.25) is 0 Å². The lowest BCUT2D eigenvalue weighted by Crippen LogP contribution is -2.29. The van der Waals surface area contributed by atoms with Gasteiger partial charge in [-0.2, -0.15) is 0 Å². The second kappa shape index (κ2) is 25.0. The Morgan fingerprint density at radius 3 is 0.874 bits per heavy atom. The first-order valence-electron chi connectivity index (χ1n) is 35.8. The van der Waals surface area contributed by atoms with Crippen LogP contribution in [-0.4, -0.2) is 4.57 Å². The van der Waals surface area contributed by atoms with Crippen LogP contribution in [0.5, 0.6) is 0 Å². The molecule has 3 nitrogen and oxygen atoms in total. The molecule has 2 aliphatic rings. The van der Waals surface area contributed by atoms with Crippen molar-refractivity contribution in [1.29, 1.82) is 0 Å². The van der Waals surface area contributed by atoms with Crippen LogP contribution >= 0.6 is 0 Å². The highest BCUT2D eigenvalue weighted by atomic mass is 15.1. The molecule has 0 fully saturated rings. The van der Waals surface area contributed by atoms with Crippen LogP contribution in [0.25, 0.3) is 83.1 Å². The molecule has 0 N–H and O–H groups in total. The molecule has 1 aromatic heterocycles. The minimum atomic E-state index is -0.606. The highest BCUT2D eigenvalue weighted by Gasteiger charge is 2.48. The molecular formula is C100H71N3. The number of anilines is 6. The number of fused-ring (bicyclic) bond motifs is 9. The van der Waals surface area contributed by atoms with E-state index in [-0.39, 0.29) is 0 Å². The van der Waals surface area contributed by atoms with Crippen LogP contribution in [-0.2, 0) is 10.8 Å². The maximum Gasteiger partial charge on any atom is 0.0714 e. The molecule has 0 saturated carbocycles. The fourth-order valence-electron chi connectivity index (χ4n) is 17.2. The quantitative estimate of drug-likeness (QED) is 0.107. The molecule has 19 rings (SSSR count). The van der Waals surface area contributed by atoms with E-state index in [2.05, 4.69) is 423 Å². The molecule has 0 amide bonds. The molecule has 486 valence electrons. The van der Waals surface area contributed by atoms with E-state index < -0.39 is 10.8 Å². The SMILES string of the molecule is Cc1ccc2c(c1)C(c1ccccc1)(c1ccccc1)c1cc(N(c3ccc(-c4ccc5c(c4)c4cc(-c6ccccc6)ccc4n5-c4ccc(N(c5ccccc5)c5ccc(-c6ccccc6)cc5)cc4)cc3)c3ccc4c(c3)C(c3ccccc3)(c3ccccc3)c3cc(C)ccc3-4)ccc1-2. The normalized spacial score (nSPS) is 12.9. The first kappa shape index (κ1) is 61.0. The van der Waals surface area contributed by atoms with E-state index in [1.807, 2.05) is 0 Å². The van der Waals surface area contributed by atoms with E-state index in [1.165, 1.54) is 111 Å². The summed E-state index contributed by atoms with van der Waals surface area (Å²) in [6.45, 7) is 4.45. The summed E-state index contributed by atoms with van der Waals surface area (Å²) in [6, 6.07) is 147. The number of hydrogen-bond donors (Lipinski definition) is 0. The van der Waals surface area contributed by atoms with Crippen LogP contribution in [0.15, 0.2) is 394 Å². The number of hydrogen-bond acceptors (Lipinski definition) is 2. The van der Waals surface area contributed by atoms with Gasteiger partial charge in [0.05, 0.1) is 21.9 Å². The molecule has 0 aliphatic heterocycles. The summed E-state index contributed by atoms with van der Waals surface area (Å²) >= 11 is 0. The van der Waals surface area contributed by atoms with Gasteiger partial charge < -0.3 is 14.4 Å². The molecule has 0 bridgehead atoms. The van der Waals surface area contributed by atoms with Gasteiger partial charge in [0, 0.05) is 50.6 Å². The molecule has 1 heterocycles. The van der Waals surface area contributed by atoms with E-state index in [9.17, 15) is 0 Å². The van der Waals surface area contributed by atoms with Crippen molar-refractivity contribution < 1.29 is 0 Å². The van der Waals surface area contributed by atoms with Crippen LogP contribution in [0.4, 0.5) is 34.1 Å². The summed E-state index contributed by atoms with van der Waals surface area (Å²) in [6.07, 6.45) is 0. The summed E-state index contributed by atoms with van der Waals surface area (Å²) < 4.78 is 2.44. The Balaban J connectivity index is 0.770. The van der Waals surface area contributed by atoms with Crippen molar-refractivity contribution in [1.82, 2.24) is 4.57 Å². The number of aromatic nitrogens is 1. The number of aryl methyl sites for hydroxylation is 2. The third kappa shape index (κ3) is 10.0. The average Bonchev–Trinajstić information content (AvgIpc) is 1.55. The lowest BCUT2D eigenvalue weighted by molar-refractivity contribution is 0.766. The van der Waals surface area contributed by atoms with Gasteiger partial charge in [0.1, 0.15) is 0 Å². The fraction of sp³-hybridized carbons (Fsp3) is 0.0400. The van der Waals surface area contributed by atoms with E-state index in [0.717, 1.165) is 62.0 Å². The van der Waals surface area contributed by atoms with Crippen LogP contribution in [0.3, 0.4) is 0 Å². The zero-order valence-corrected chi connectivity index (χ0v) is 57.4. The molecule has 0 saturated heterocycles. The maximum atomic E-state index is 2.52. The smallest absolute Gasteiger partial charge is 0.0714 e. The molecular weight excluding hydrogens is 1240 g/mol. The molecule has 2 aliphatic carbocycles. The Labute approximate surface area is 602 Å². The Bertz CT molecular complexity index is 5740. The van der Waals surface area contributed by atoms with Crippen molar-refractivity contribution in [3.8, 4) is 61.3 Å². The van der Waals surface area contributed by atoms with Crippen molar-refractivity contribution >= 4 is 55.9 Å². The van der Waals surface area contributed by atoms with Crippen molar-refractivity contribution in [2.75, 3.05) is 9.80 Å². The van der Waals surface area contributed by atoms with Crippen LogP contribution < -0.4 is 9.80 Å². The summed E-state index contributed by atoms with van der Waals surface area (Å²) in [5.41, 5.74) is 33.2. The standard InChI is InChI=1S/C100H71N3/c1-68-38-56-87-89-58-54-85(66-95(89)99(93(87)62-68,76-28-14-5-15-29-76)77-30-16-6-17-31-77)102(86-55-59-90-88-57-39-69(2)63-94(88)100(96(90)67-86,78-32-18-7-19-33-78)79-34-20-8-21-35-79)82-48-42-73(43-49-82)75-45-61-98-92(65-75)91-64-74(71-26-12-4-13-27-71)44-60-97(91)103(98)84-52-50-83(51-53-84)101(80-36-22-9-23-37-80)81-46-40-72(41-47-81)70-24-10-3-11-25-70/h3-67H,1-2H3. The van der Waals surface area contributed by atoms with Gasteiger partial charge in [-0.25, -0.2) is 0 Å². The Morgan fingerprint density at radius 2 is 0.485 bits per heavy atom. The molecule has 3 heteroatoms. The third-order valence-electron chi connectivity index (χ3n) is 21.8. The molecule has 103 heavy (non-hydrogen) atoms. The van der Waals surface area contributed by atoms with E-state index in [1.54, 1.807) is 0 Å². The monoisotopic (exact) mass is 1310 g/mol. The Morgan fingerprint density at radius 1 is 0.214 bits per heavy atom. The number of benzene rings is 16. The first-order valence-corrected chi connectivity index (χ1v) is 35.8. The number of para-hydroxylation sites is 1. The summed E-state index contributed by atoms with van der Waals surface area (Å²) in [5.74, 6) is 0. The predicted molar refractivity (Wildman–Crippen MR) is 431 cm³/mol.